The number of carbonyl (C=O) groups is 6. The number of nitrogens with two attached hydrogens (primary N) is 1. The van der Waals surface area contributed by atoms with Crippen molar-refractivity contribution in [2.75, 3.05) is 66.6 Å². The fraction of sp³-hybridized carbons (Fsp3) is 0.506. The maximum absolute atomic E-state index is 12.0. The van der Waals surface area contributed by atoms with E-state index in [4.69, 9.17) is 35.1 Å². The van der Waals surface area contributed by atoms with Crippen molar-refractivity contribution in [3.8, 4) is 0 Å². The number of nitrogens with zero attached hydrogens (tertiary/aromatic N) is 4. The monoisotopic (exact) mass is 2160 g/mol. The summed E-state index contributed by atoms with van der Waals surface area (Å²) >= 11 is 7.39. The van der Waals surface area contributed by atoms with Crippen molar-refractivity contribution in [3.63, 3.8) is 0 Å². The number of carboxylic acids is 1. The van der Waals surface area contributed by atoms with Crippen LogP contribution in [-0.4, -0.2) is 139 Å². The van der Waals surface area contributed by atoms with Crippen molar-refractivity contribution >= 4 is 143 Å². The summed E-state index contributed by atoms with van der Waals surface area (Å²) in [5.41, 5.74) is 15.6. The van der Waals surface area contributed by atoms with Crippen LogP contribution >= 0.6 is 59.9 Å². The zero-order chi connectivity index (χ0) is 100. The fourth-order valence-electron chi connectivity index (χ4n) is 8.74. The standard InChI is InChI=1S/C15H17NO2.C9H7NO4.2C9H9NO4.C9H9NO2.C8H7NO4.12C2H6.CH5BO2.3CH3F.2CH4.3HI.V/c1-9-8-15(2,3)16-11-5-4-10-6-7-18-14(17)13(10)12(9)11;11-9-8-5-7(10(12)13)2-1-6(8)3-4-14-9;2*1-6-3-4-7(10(12)13)5-8(6)9(11)14-2;10-7-2-1-6-3-4-12-9(11)8(6)5-7;1-5-2-3-6(9(12)13)4-7(5)8(10)11;12*1-2;1-2(3)4;3*1-2;;;;;;/h4-5,8,16H,6-7H2,1-3H3;1-2,5H,3-4H2;2*3-5H,1-2H3;1-2,5H,3-4,10H2;2-4H,1H3,(H,10,11);12*1-2H3;3-4H,1H3;3*1H3;2*1H4;3*1H;/q;;;;;;;;;;;;;;;;;;;;;;;;;;;+3/p-3. The Bertz CT molecular complexity index is 3780. The van der Waals surface area contributed by atoms with Gasteiger partial charge in [-0.25, -0.2) is 28.8 Å². The van der Waals surface area contributed by atoms with E-state index in [0.29, 0.717) is 81.3 Å². The number of rotatable bonds is 7. The molecule has 28 nitrogen and oxygen atoms in total. The van der Waals surface area contributed by atoms with E-state index in [0.717, 1.165) is 58.0 Å². The second-order valence-corrected chi connectivity index (χ2v) is 55.6. The Morgan fingerprint density at radius 3 is 1.02 bits per heavy atom. The van der Waals surface area contributed by atoms with Crippen LogP contribution in [0.1, 0.15) is 303 Å². The maximum atomic E-state index is 12.0. The summed E-state index contributed by atoms with van der Waals surface area (Å²) < 4.78 is 52.3. The van der Waals surface area contributed by atoms with Crippen LogP contribution in [0, 0.1) is 61.2 Å². The zero-order valence-corrected chi connectivity index (χ0v) is 87.3. The molecule has 0 atom stereocenters. The Labute approximate surface area is 784 Å². The zero-order valence-electron chi connectivity index (χ0n) is 79.4. The molecule has 0 unspecified atom stereocenters. The van der Waals surface area contributed by atoms with Gasteiger partial charge in [0.1, 0.15) is 0 Å². The molecule has 0 spiro atoms. The first-order valence-corrected chi connectivity index (χ1v) is 53.8. The van der Waals surface area contributed by atoms with Gasteiger partial charge in [0.15, 0.2) is 0 Å². The third kappa shape index (κ3) is 66.7. The van der Waals surface area contributed by atoms with E-state index in [9.17, 15) is 82.4 Å². The molecule has 6 aromatic carbocycles. The summed E-state index contributed by atoms with van der Waals surface area (Å²) in [7, 11) is 2.81. The molecule has 10 rings (SSSR count). The first-order chi connectivity index (χ1) is 58.5. The minimum atomic E-state index is -1.17. The molecule has 0 fully saturated rings. The topological polar surface area (TPSA) is 420 Å². The van der Waals surface area contributed by atoms with Crippen LogP contribution in [0.4, 0.5) is 47.3 Å². The molecule has 6 aromatic rings. The summed E-state index contributed by atoms with van der Waals surface area (Å²) in [5, 5.41) is 68.9. The summed E-state index contributed by atoms with van der Waals surface area (Å²) in [6.07, 6.45) is 4.39. The molecule has 4 heterocycles. The summed E-state index contributed by atoms with van der Waals surface area (Å²) in [5.74, 6) is -3.21. The number of aryl methyl sites for hydroxylation is 3. The molecule has 0 aliphatic carbocycles. The predicted molar refractivity (Wildman–Crippen MR) is 536 cm³/mol. The number of non-ortho nitro benzene ring substituents is 4. The Morgan fingerprint density at radius 1 is 0.456 bits per heavy atom. The molecule has 125 heavy (non-hydrogen) atoms. The number of hydrogen-bond donors (Lipinski definition) is 5. The number of fused-ring (bicyclic) bond motifs is 5. The predicted octanol–water partition coefficient (Wildman–Crippen LogP) is 27.4. The van der Waals surface area contributed by atoms with E-state index in [-0.39, 0.29) is 76.7 Å². The van der Waals surface area contributed by atoms with Gasteiger partial charge in [-0.1, -0.05) is 223 Å². The van der Waals surface area contributed by atoms with Crippen molar-refractivity contribution in [2.24, 2.45) is 0 Å². The van der Waals surface area contributed by atoms with Gasteiger partial charge in [0, 0.05) is 84.7 Å². The number of halogens is 6. The first kappa shape index (κ1) is 151. The molecule has 0 radical (unpaired) electrons. The Balaban J connectivity index is -0.0000000827. The third-order valence-electron chi connectivity index (χ3n) is 13.0. The van der Waals surface area contributed by atoms with Gasteiger partial charge < -0.3 is 49.9 Å². The fourth-order valence-corrected chi connectivity index (χ4v) is 8.74. The average Bonchev–Trinajstić information content (AvgIpc) is 0.756. The molecule has 0 saturated heterocycles. The van der Waals surface area contributed by atoms with Gasteiger partial charge in [0.25, 0.3) is 22.7 Å². The number of hydrogen-bond acceptors (Lipinski definition) is 23. The molecular formula is C89H152BF3I3N6O22V. The number of allylic oxidation sites excluding steroid dienone is 1. The van der Waals surface area contributed by atoms with Crippen molar-refractivity contribution in [1.29, 1.82) is 0 Å². The number of nitro groups is 4. The Hall–Kier alpha value is -8.37. The van der Waals surface area contributed by atoms with Gasteiger partial charge in [-0.2, -0.15) is 0 Å². The van der Waals surface area contributed by atoms with Crippen LogP contribution in [-0.2, 0) is 47.9 Å². The molecule has 4 aliphatic heterocycles. The van der Waals surface area contributed by atoms with Crippen molar-refractivity contribution < 1.29 is 105 Å². The molecule has 0 bridgehead atoms. The third-order valence-corrected chi connectivity index (χ3v) is 13.0. The van der Waals surface area contributed by atoms with E-state index in [1.54, 1.807) is 39.0 Å². The Morgan fingerprint density at radius 2 is 0.712 bits per heavy atom. The van der Waals surface area contributed by atoms with Gasteiger partial charge in [-0.3, -0.25) is 53.6 Å². The van der Waals surface area contributed by atoms with Crippen molar-refractivity contribution in [1.82, 2.24) is 0 Å². The summed E-state index contributed by atoms with van der Waals surface area (Å²) in [6.45, 7) is 61.9. The van der Waals surface area contributed by atoms with Gasteiger partial charge in [-0.15, -0.1) is 0 Å². The number of carbonyl (C=O) groups excluding carboxylic acids is 5. The molecule has 6 N–H and O–H groups in total. The first-order valence-electron chi connectivity index (χ1n) is 40.3. The summed E-state index contributed by atoms with van der Waals surface area (Å²) in [4.78, 5) is 106. The number of nitrogen functional groups attached to an aromatic ring is 1. The molecular weight excluding hydrogens is 2000 g/mol. The van der Waals surface area contributed by atoms with E-state index in [1.165, 1.54) is 81.7 Å². The quantitative estimate of drug-likeness (QED) is 0.0188. The van der Waals surface area contributed by atoms with Crippen LogP contribution in [0.25, 0.3) is 5.57 Å². The SMILES string of the molecule is C.C.CB(O)O.CC.CC.CC.CC.CC.CC.CC.CC.CC.CC.CC.CC.CC1=CC(C)(C)Nc2ccc3c(c21)C(=O)OCC3.CF.CF.CF.COC(=O)c1cc([N+](=O)[O-])ccc1C.COC(=O)c1cc([N+](=O)[O-])ccc1C.Cc1ccc([N+](=O)[O-])cc1C(=O)O.Nc1ccc2c(c1)C(=O)OCC2.O=C1OCCc2ccc([N+](=O)[O-])cc21.[I][V]([I])[I]. The number of aromatic carboxylic acids is 1. The number of esters is 5. The van der Waals surface area contributed by atoms with Crippen LogP contribution < -0.4 is 11.1 Å². The molecule has 0 saturated carbocycles. The van der Waals surface area contributed by atoms with E-state index in [2.05, 4.69) is 108 Å². The van der Waals surface area contributed by atoms with E-state index in [1.807, 2.05) is 178 Å². The number of methoxy groups -OCH3 is 2. The number of nitro benzene ring substituents is 4. The van der Waals surface area contributed by atoms with Gasteiger partial charge in [0.05, 0.1) is 114 Å². The number of carboxylic acid groups (broad SMARTS) is 1. The van der Waals surface area contributed by atoms with Crippen LogP contribution in [0.15, 0.2) is 109 Å². The normalized spacial score (nSPS) is 10.3. The van der Waals surface area contributed by atoms with Crippen molar-refractivity contribution in [2.45, 2.75) is 254 Å². The molecule has 4 aliphatic rings. The molecule has 36 heteroatoms. The van der Waals surface area contributed by atoms with Crippen molar-refractivity contribution in [3.05, 3.63) is 222 Å². The number of cyclic esters (lactones) is 3. The number of ether oxygens (including phenoxy) is 5. The van der Waals surface area contributed by atoms with E-state index < -0.39 is 50.7 Å². The Kier molecular flexibility index (Phi) is 120. The second kappa shape index (κ2) is 99.4. The van der Waals surface area contributed by atoms with Crippen LogP contribution in [0.3, 0.4) is 0 Å². The second-order valence-electron chi connectivity index (χ2n) is 20.3. The van der Waals surface area contributed by atoms with Gasteiger partial charge >= 0.3 is 108 Å². The van der Waals surface area contributed by atoms with E-state index >= 15 is 0 Å². The number of anilines is 2. The van der Waals surface area contributed by atoms with Crippen LogP contribution in [0.5, 0.6) is 0 Å². The summed E-state index contributed by atoms with van der Waals surface area (Å²) in [6, 6.07) is 25.6. The number of nitrogens with one attached hydrogen (secondary N) is 1. The average molecular weight is 2160 g/mol. The molecule has 0 amide bonds. The molecule has 0 aromatic heterocycles. The number of benzene rings is 6. The van der Waals surface area contributed by atoms with Crippen LogP contribution in [0.2, 0.25) is 6.82 Å². The molecule has 720 valence electrons. The van der Waals surface area contributed by atoms with Gasteiger partial charge in [0.2, 0.25) is 0 Å². The van der Waals surface area contributed by atoms with Gasteiger partial charge in [-0.05, 0) is 106 Å². The number of alkyl halides is 3. The minimum absolute atomic E-state index is 0.